The zero-order valence-corrected chi connectivity index (χ0v) is 17.3. The zero-order chi connectivity index (χ0) is 21.6. The van der Waals surface area contributed by atoms with E-state index in [2.05, 4.69) is 15.6 Å². The van der Waals surface area contributed by atoms with E-state index in [4.69, 9.17) is 9.47 Å². The van der Waals surface area contributed by atoms with Gasteiger partial charge in [-0.2, -0.15) is 0 Å². The van der Waals surface area contributed by atoms with Gasteiger partial charge >= 0.3 is 11.9 Å². The monoisotopic (exact) mass is 402 g/mol. The maximum Gasteiger partial charge on any atom is 0.361 e. The fourth-order valence-corrected chi connectivity index (χ4v) is 2.93. The molecule has 1 heterocycles. The molecule has 9 nitrogen and oxygen atoms in total. The minimum atomic E-state index is -0.871. The summed E-state index contributed by atoms with van der Waals surface area (Å²) in [6.07, 6.45) is 0.314. The van der Waals surface area contributed by atoms with Crippen LogP contribution in [0, 0.1) is 13.8 Å². The van der Waals surface area contributed by atoms with Crippen LogP contribution in [-0.4, -0.2) is 46.1 Å². The van der Waals surface area contributed by atoms with Crippen molar-refractivity contribution < 1.29 is 23.9 Å². The maximum atomic E-state index is 13.0. The highest BCUT2D eigenvalue weighted by atomic mass is 16.5. The Hall–Kier alpha value is -3.23. The van der Waals surface area contributed by atoms with E-state index in [1.165, 1.54) is 0 Å². The van der Waals surface area contributed by atoms with E-state index < -0.39 is 18.0 Å². The molecule has 1 aromatic carbocycles. The van der Waals surface area contributed by atoms with Crippen molar-refractivity contribution in [1.29, 1.82) is 0 Å². The largest absolute Gasteiger partial charge is 0.461 e. The number of amides is 1. The van der Waals surface area contributed by atoms with Gasteiger partial charge in [0.25, 0.3) is 0 Å². The van der Waals surface area contributed by atoms with Crippen molar-refractivity contribution in [2.45, 2.75) is 47.1 Å². The van der Waals surface area contributed by atoms with Gasteiger partial charge in [0, 0.05) is 5.69 Å². The van der Waals surface area contributed by atoms with Gasteiger partial charge in [-0.15, -0.1) is 5.10 Å². The van der Waals surface area contributed by atoms with Crippen LogP contribution in [0.15, 0.2) is 18.2 Å². The van der Waals surface area contributed by atoms with Crippen LogP contribution in [0.1, 0.15) is 65.3 Å². The number of nitrogens with zero attached hydrogens (tertiary/aromatic N) is 3. The van der Waals surface area contributed by atoms with Crippen molar-refractivity contribution >= 4 is 23.5 Å². The number of esters is 2. The SMILES string of the molecule is CCOC(=O)c1nnn([C@@H](CC)C(=O)Nc2c(C)cccc2C)c1C(=O)OCC. The molecule has 0 bridgehead atoms. The average Bonchev–Trinajstić information content (AvgIpc) is 3.11. The molecule has 2 rings (SSSR count). The molecule has 1 amide bonds. The summed E-state index contributed by atoms with van der Waals surface area (Å²) < 4.78 is 11.1. The Kier molecular flexibility index (Phi) is 7.46. The van der Waals surface area contributed by atoms with Crippen molar-refractivity contribution in [2.24, 2.45) is 0 Å². The van der Waals surface area contributed by atoms with Gasteiger partial charge < -0.3 is 14.8 Å². The topological polar surface area (TPSA) is 112 Å². The Balaban J connectivity index is 2.45. The molecule has 1 N–H and O–H groups in total. The highest BCUT2D eigenvalue weighted by Gasteiger charge is 2.33. The van der Waals surface area contributed by atoms with Gasteiger partial charge in [0.15, 0.2) is 5.69 Å². The minimum Gasteiger partial charge on any atom is -0.461 e. The molecule has 0 spiro atoms. The quantitative estimate of drug-likeness (QED) is 0.676. The van der Waals surface area contributed by atoms with Crippen molar-refractivity contribution in [2.75, 3.05) is 18.5 Å². The van der Waals surface area contributed by atoms with E-state index in [1.54, 1.807) is 20.8 Å². The number of aryl methyl sites for hydroxylation is 2. The second-order valence-electron chi connectivity index (χ2n) is 6.35. The third-order valence-corrected chi connectivity index (χ3v) is 4.35. The van der Waals surface area contributed by atoms with Gasteiger partial charge in [-0.25, -0.2) is 14.3 Å². The Bertz CT molecular complexity index is 886. The molecule has 9 heteroatoms. The van der Waals surface area contributed by atoms with Gasteiger partial charge in [-0.1, -0.05) is 30.3 Å². The first-order valence-electron chi connectivity index (χ1n) is 9.52. The average molecular weight is 402 g/mol. The Morgan fingerprint density at radius 1 is 1.03 bits per heavy atom. The van der Waals surface area contributed by atoms with E-state index in [0.29, 0.717) is 12.1 Å². The Morgan fingerprint density at radius 3 is 2.17 bits per heavy atom. The van der Waals surface area contributed by atoms with Crippen molar-refractivity contribution in [3.05, 3.63) is 40.7 Å². The normalized spacial score (nSPS) is 11.6. The molecule has 29 heavy (non-hydrogen) atoms. The second kappa shape index (κ2) is 9.81. The predicted octanol–water partition coefficient (Wildman–Crippen LogP) is 2.84. The summed E-state index contributed by atoms with van der Waals surface area (Å²) in [5.41, 5.74) is 2.03. The number of carbonyl (C=O) groups excluding carboxylic acids is 3. The number of nitrogens with one attached hydrogen (secondary N) is 1. The van der Waals surface area contributed by atoms with Crippen molar-refractivity contribution in [3.63, 3.8) is 0 Å². The van der Waals surface area contributed by atoms with Crippen LogP contribution < -0.4 is 5.32 Å². The van der Waals surface area contributed by atoms with Gasteiger partial charge in [-0.05, 0) is 45.2 Å². The first-order chi connectivity index (χ1) is 13.8. The Morgan fingerprint density at radius 2 is 1.62 bits per heavy atom. The molecule has 0 aliphatic carbocycles. The minimum absolute atomic E-state index is 0.0949. The fraction of sp³-hybridized carbons (Fsp3) is 0.450. The molecule has 0 saturated carbocycles. The lowest BCUT2D eigenvalue weighted by Crippen LogP contribution is -2.30. The molecule has 156 valence electrons. The van der Waals surface area contributed by atoms with E-state index in [1.807, 2.05) is 32.0 Å². The number of aromatic nitrogens is 3. The summed E-state index contributed by atoms with van der Waals surface area (Å²) in [5.74, 6) is -1.97. The van der Waals surface area contributed by atoms with Crippen molar-refractivity contribution in [3.8, 4) is 0 Å². The molecule has 0 unspecified atom stereocenters. The summed E-state index contributed by atoms with van der Waals surface area (Å²) in [4.78, 5) is 37.7. The van der Waals surface area contributed by atoms with Crippen LogP contribution in [0.25, 0.3) is 0 Å². The molecule has 0 saturated heterocycles. The standard InChI is InChI=1S/C20H26N4O5/c1-6-14(18(25)21-15-12(4)10-9-11-13(15)5)24-17(20(27)29-8-3)16(22-23-24)19(26)28-7-2/h9-11,14H,6-8H2,1-5H3,(H,21,25)/t14-/m0/s1. The summed E-state index contributed by atoms with van der Waals surface area (Å²) in [7, 11) is 0. The third-order valence-electron chi connectivity index (χ3n) is 4.35. The maximum absolute atomic E-state index is 13.0. The van der Waals surface area contributed by atoms with E-state index >= 15 is 0 Å². The molecule has 0 aliphatic rings. The number of hydrogen-bond donors (Lipinski definition) is 1. The van der Waals surface area contributed by atoms with Crippen LogP contribution >= 0.6 is 0 Å². The lowest BCUT2D eigenvalue weighted by Gasteiger charge is -2.19. The number of para-hydroxylation sites is 1. The molecule has 1 aromatic heterocycles. The number of rotatable bonds is 8. The Labute approximate surface area is 169 Å². The molecule has 0 fully saturated rings. The van der Waals surface area contributed by atoms with E-state index in [0.717, 1.165) is 15.8 Å². The summed E-state index contributed by atoms with van der Waals surface area (Å²) in [5, 5.41) is 10.6. The molecule has 0 aliphatic heterocycles. The van der Waals surface area contributed by atoms with Crippen molar-refractivity contribution in [1.82, 2.24) is 15.0 Å². The van der Waals surface area contributed by atoms with Gasteiger partial charge in [0.2, 0.25) is 11.6 Å². The number of carbonyl (C=O) groups is 3. The van der Waals surface area contributed by atoms with Gasteiger partial charge in [-0.3, -0.25) is 4.79 Å². The molecular formula is C20H26N4O5. The predicted molar refractivity (Wildman–Crippen MR) is 106 cm³/mol. The van der Waals surface area contributed by atoms with E-state index in [-0.39, 0.29) is 30.5 Å². The van der Waals surface area contributed by atoms with Gasteiger partial charge in [0.1, 0.15) is 6.04 Å². The summed E-state index contributed by atoms with van der Waals surface area (Å²) in [6, 6.07) is 4.81. The lowest BCUT2D eigenvalue weighted by molar-refractivity contribution is -0.119. The van der Waals surface area contributed by atoms with Crippen LogP contribution in [0.4, 0.5) is 5.69 Å². The smallest absolute Gasteiger partial charge is 0.361 e. The highest BCUT2D eigenvalue weighted by Crippen LogP contribution is 2.23. The first-order valence-corrected chi connectivity index (χ1v) is 9.52. The highest BCUT2D eigenvalue weighted by molar-refractivity contribution is 6.01. The fourth-order valence-electron chi connectivity index (χ4n) is 2.93. The number of ether oxygens (including phenoxy) is 2. The zero-order valence-electron chi connectivity index (χ0n) is 17.3. The lowest BCUT2D eigenvalue weighted by atomic mass is 10.1. The van der Waals surface area contributed by atoms with Gasteiger partial charge in [0.05, 0.1) is 13.2 Å². The number of benzene rings is 1. The molecule has 2 aromatic rings. The number of anilines is 1. The second-order valence-corrected chi connectivity index (χ2v) is 6.35. The van der Waals surface area contributed by atoms with Crippen LogP contribution in [-0.2, 0) is 14.3 Å². The molecular weight excluding hydrogens is 376 g/mol. The van der Waals surface area contributed by atoms with E-state index in [9.17, 15) is 14.4 Å². The third kappa shape index (κ3) is 4.79. The van der Waals surface area contributed by atoms with Crippen LogP contribution in [0.5, 0.6) is 0 Å². The summed E-state index contributed by atoms with van der Waals surface area (Å²) >= 11 is 0. The summed E-state index contributed by atoms with van der Waals surface area (Å²) in [6.45, 7) is 9.04. The van der Waals surface area contributed by atoms with Crippen LogP contribution in [0.2, 0.25) is 0 Å². The first kappa shape index (κ1) is 22.1. The molecule has 1 atom stereocenters. The number of hydrogen-bond acceptors (Lipinski definition) is 7. The molecule has 0 radical (unpaired) electrons. The van der Waals surface area contributed by atoms with Crippen LogP contribution in [0.3, 0.4) is 0 Å².